The summed E-state index contributed by atoms with van der Waals surface area (Å²) in [6, 6.07) is 1.57. The maximum Gasteiger partial charge on any atom is 0.325 e. The largest absolute Gasteiger partial charge is 0.480 e. The third-order valence-electron chi connectivity index (χ3n) is 1.90. The monoisotopic (exact) mass is 239 g/mol. The number of nitrogens with zero attached hydrogens (tertiary/aromatic N) is 2. The molecule has 6 nitrogen and oxygen atoms in total. The molecule has 0 fully saturated rings. The van der Waals surface area contributed by atoms with Crippen molar-refractivity contribution in [2.75, 3.05) is 5.32 Å². The van der Waals surface area contributed by atoms with E-state index in [0.717, 1.165) is 0 Å². The predicted molar refractivity (Wildman–Crippen MR) is 62.6 cm³/mol. The molecular weight excluding hydrogens is 222 g/mol. The molecule has 0 radical (unpaired) electrons. The molecule has 0 atom stereocenters. The van der Waals surface area contributed by atoms with Crippen LogP contribution in [0.2, 0.25) is 0 Å². The predicted octanol–water partition coefficient (Wildman–Crippen LogP) is 1.34. The van der Waals surface area contributed by atoms with Crippen molar-refractivity contribution in [1.82, 2.24) is 9.78 Å². The average molecular weight is 239 g/mol. The highest BCUT2D eigenvalue weighted by atomic mass is 16.4. The van der Waals surface area contributed by atoms with E-state index in [-0.39, 0.29) is 17.9 Å². The molecule has 0 aromatic carbocycles. The number of anilines is 1. The number of carboxylic acids is 1. The molecule has 1 heterocycles. The zero-order chi connectivity index (χ0) is 13.1. The first-order valence-electron chi connectivity index (χ1n) is 5.31. The Morgan fingerprint density at radius 3 is 2.65 bits per heavy atom. The molecule has 0 bridgehead atoms. The van der Waals surface area contributed by atoms with Gasteiger partial charge in [0.2, 0.25) is 5.91 Å². The Balaban J connectivity index is 2.55. The smallest absolute Gasteiger partial charge is 0.325 e. The van der Waals surface area contributed by atoms with Crippen molar-refractivity contribution in [2.24, 2.45) is 5.41 Å². The van der Waals surface area contributed by atoms with Gasteiger partial charge in [0.25, 0.3) is 0 Å². The lowest BCUT2D eigenvalue weighted by molar-refractivity contribution is -0.137. The standard InChI is InChI=1S/C11H17N3O3/c1-11(2,3)6-9(15)12-8-4-5-14(13-8)7-10(16)17/h4-5H,6-7H2,1-3H3,(H,16,17)(H,12,13,15). The molecule has 0 aliphatic rings. The van der Waals surface area contributed by atoms with Gasteiger partial charge in [-0.3, -0.25) is 14.3 Å². The Labute approximate surface area is 99.6 Å². The zero-order valence-corrected chi connectivity index (χ0v) is 10.2. The van der Waals surface area contributed by atoms with E-state index in [2.05, 4.69) is 10.4 Å². The quantitative estimate of drug-likeness (QED) is 0.830. The minimum absolute atomic E-state index is 0.0896. The highest BCUT2D eigenvalue weighted by Gasteiger charge is 2.16. The highest BCUT2D eigenvalue weighted by molar-refractivity contribution is 5.90. The topological polar surface area (TPSA) is 84.2 Å². The molecule has 94 valence electrons. The highest BCUT2D eigenvalue weighted by Crippen LogP contribution is 2.19. The molecular formula is C11H17N3O3. The van der Waals surface area contributed by atoms with Crippen LogP contribution in [0.15, 0.2) is 12.3 Å². The molecule has 0 aliphatic carbocycles. The third kappa shape index (κ3) is 5.14. The van der Waals surface area contributed by atoms with E-state index < -0.39 is 5.97 Å². The van der Waals surface area contributed by atoms with Gasteiger partial charge in [-0.1, -0.05) is 20.8 Å². The van der Waals surface area contributed by atoms with Gasteiger partial charge < -0.3 is 10.4 Å². The molecule has 1 aromatic heterocycles. The van der Waals surface area contributed by atoms with Gasteiger partial charge in [0.1, 0.15) is 6.54 Å². The van der Waals surface area contributed by atoms with Crippen molar-refractivity contribution in [2.45, 2.75) is 33.7 Å². The molecule has 1 aromatic rings. The number of hydrogen-bond acceptors (Lipinski definition) is 3. The van der Waals surface area contributed by atoms with E-state index in [4.69, 9.17) is 5.11 Å². The first kappa shape index (κ1) is 13.2. The van der Waals surface area contributed by atoms with E-state index >= 15 is 0 Å². The molecule has 0 spiro atoms. The molecule has 17 heavy (non-hydrogen) atoms. The summed E-state index contributed by atoms with van der Waals surface area (Å²) in [5.41, 5.74) is -0.0896. The lowest BCUT2D eigenvalue weighted by atomic mass is 9.92. The third-order valence-corrected chi connectivity index (χ3v) is 1.90. The van der Waals surface area contributed by atoms with Gasteiger partial charge in [-0.05, 0) is 5.41 Å². The number of nitrogens with one attached hydrogen (secondary N) is 1. The summed E-state index contributed by atoms with van der Waals surface area (Å²) < 4.78 is 1.26. The van der Waals surface area contributed by atoms with Crippen LogP contribution in [0.5, 0.6) is 0 Å². The maximum absolute atomic E-state index is 11.6. The summed E-state index contributed by atoms with van der Waals surface area (Å²) in [6.45, 7) is 5.69. The molecule has 0 aliphatic heterocycles. The second kappa shape index (κ2) is 4.99. The van der Waals surface area contributed by atoms with E-state index in [9.17, 15) is 9.59 Å². The number of aromatic nitrogens is 2. The van der Waals surface area contributed by atoms with Gasteiger partial charge in [-0.25, -0.2) is 0 Å². The van der Waals surface area contributed by atoms with Crippen molar-refractivity contribution in [1.29, 1.82) is 0 Å². The lowest BCUT2D eigenvalue weighted by Crippen LogP contribution is -2.20. The van der Waals surface area contributed by atoms with Crippen LogP contribution in [0.1, 0.15) is 27.2 Å². The molecule has 6 heteroatoms. The van der Waals surface area contributed by atoms with Gasteiger partial charge in [0.15, 0.2) is 5.82 Å². The Bertz CT molecular complexity index is 418. The Morgan fingerprint density at radius 1 is 1.47 bits per heavy atom. The van der Waals surface area contributed by atoms with Gasteiger partial charge in [0, 0.05) is 18.7 Å². The van der Waals surface area contributed by atoms with Crippen LogP contribution in [-0.2, 0) is 16.1 Å². The average Bonchev–Trinajstić information content (AvgIpc) is 2.46. The van der Waals surface area contributed by atoms with Crippen molar-refractivity contribution >= 4 is 17.7 Å². The second-order valence-electron chi connectivity index (χ2n) is 5.08. The summed E-state index contributed by atoms with van der Waals surface area (Å²) in [5, 5.41) is 15.1. The van der Waals surface area contributed by atoms with Gasteiger partial charge in [0.05, 0.1) is 0 Å². The van der Waals surface area contributed by atoms with Crippen LogP contribution in [-0.4, -0.2) is 26.8 Å². The van der Waals surface area contributed by atoms with Gasteiger partial charge in [-0.2, -0.15) is 5.10 Å². The van der Waals surface area contributed by atoms with Crippen molar-refractivity contribution in [3.8, 4) is 0 Å². The van der Waals surface area contributed by atoms with E-state index in [1.807, 2.05) is 20.8 Å². The summed E-state index contributed by atoms with van der Waals surface area (Å²) in [4.78, 5) is 22.0. The normalized spacial score (nSPS) is 11.2. The summed E-state index contributed by atoms with van der Waals surface area (Å²) in [5.74, 6) is -0.723. The molecule has 0 saturated heterocycles. The second-order valence-corrected chi connectivity index (χ2v) is 5.08. The van der Waals surface area contributed by atoms with E-state index in [1.165, 1.54) is 10.9 Å². The fourth-order valence-electron chi connectivity index (χ4n) is 1.32. The first-order valence-corrected chi connectivity index (χ1v) is 5.31. The minimum atomic E-state index is -0.972. The maximum atomic E-state index is 11.6. The van der Waals surface area contributed by atoms with Crippen LogP contribution >= 0.6 is 0 Å². The van der Waals surface area contributed by atoms with Gasteiger partial charge in [-0.15, -0.1) is 0 Å². The molecule has 0 saturated carbocycles. The van der Waals surface area contributed by atoms with Crippen molar-refractivity contribution in [3.05, 3.63) is 12.3 Å². The number of carboxylic acid groups (broad SMARTS) is 1. The molecule has 2 N–H and O–H groups in total. The number of carbonyl (C=O) groups is 2. The summed E-state index contributed by atoms with van der Waals surface area (Å²) in [7, 11) is 0. The Hall–Kier alpha value is -1.85. The van der Waals surface area contributed by atoms with E-state index in [1.54, 1.807) is 6.07 Å². The summed E-state index contributed by atoms with van der Waals surface area (Å²) in [6.07, 6.45) is 1.90. The number of amides is 1. The van der Waals surface area contributed by atoms with Crippen LogP contribution in [0.25, 0.3) is 0 Å². The molecule has 1 amide bonds. The van der Waals surface area contributed by atoms with Crippen molar-refractivity contribution < 1.29 is 14.7 Å². The Kier molecular flexibility index (Phi) is 3.88. The summed E-state index contributed by atoms with van der Waals surface area (Å²) >= 11 is 0. The number of hydrogen-bond donors (Lipinski definition) is 2. The zero-order valence-electron chi connectivity index (χ0n) is 10.2. The van der Waals surface area contributed by atoms with Crippen LogP contribution in [0, 0.1) is 5.41 Å². The number of rotatable bonds is 4. The number of carbonyl (C=O) groups excluding carboxylic acids is 1. The van der Waals surface area contributed by atoms with E-state index in [0.29, 0.717) is 12.2 Å². The van der Waals surface area contributed by atoms with Crippen LogP contribution in [0.4, 0.5) is 5.82 Å². The van der Waals surface area contributed by atoms with Crippen LogP contribution in [0.3, 0.4) is 0 Å². The fraction of sp³-hybridized carbons (Fsp3) is 0.545. The molecule has 0 unspecified atom stereocenters. The minimum Gasteiger partial charge on any atom is -0.480 e. The molecule has 1 rings (SSSR count). The lowest BCUT2D eigenvalue weighted by Gasteiger charge is -2.16. The number of aliphatic carboxylic acids is 1. The first-order chi connectivity index (χ1) is 7.76. The SMILES string of the molecule is CC(C)(C)CC(=O)Nc1ccn(CC(=O)O)n1. The van der Waals surface area contributed by atoms with Crippen molar-refractivity contribution in [3.63, 3.8) is 0 Å². The van der Waals surface area contributed by atoms with Crippen LogP contribution < -0.4 is 5.32 Å². The Morgan fingerprint density at radius 2 is 2.12 bits per heavy atom. The van der Waals surface area contributed by atoms with Gasteiger partial charge >= 0.3 is 5.97 Å². The fourth-order valence-corrected chi connectivity index (χ4v) is 1.32.